The zero-order valence-corrected chi connectivity index (χ0v) is 9.67. The van der Waals surface area contributed by atoms with E-state index in [4.69, 9.17) is 14.6 Å². The van der Waals surface area contributed by atoms with Gasteiger partial charge in [0.2, 0.25) is 0 Å². The molecule has 0 unspecified atom stereocenters. The molecule has 17 heavy (non-hydrogen) atoms. The molecule has 0 amide bonds. The first-order valence-corrected chi connectivity index (χ1v) is 6.01. The fourth-order valence-electron chi connectivity index (χ4n) is 2.36. The lowest BCUT2D eigenvalue weighted by Gasteiger charge is -2.38. The van der Waals surface area contributed by atoms with Crippen LogP contribution in [0.5, 0.6) is 0 Å². The van der Waals surface area contributed by atoms with Gasteiger partial charge in [0.25, 0.3) is 0 Å². The van der Waals surface area contributed by atoms with Gasteiger partial charge in [0.15, 0.2) is 0 Å². The minimum Gasteiger partial charge on any atom is -0.481 e. The number of β-amino-alcohol motifs (C(OH)–C–C–N with tert-alkyl or cyclic N) is 1. The zero-order chi connectivity index (χ0) is 12.3. The third kappa shape index (κ3) is 3.64. The van der Waals surface area contributed by atoms with Crippen molar-refractivity contribution in [1.82, 2.24) is 5.32 Å². The Labute approximate surface area is 99.9 Å². The van der Waals surface area contributed by atoms with Crippen molar-refractivity contribution in [3.05, 3.63) is 0 Å². The van der Waals surface area contributed by atoms with Gasteiger partial charge in [-0.3, -0.25) is 4.79 Å². The highest BCUT2D eigenvalue weighted by atomic mass is 16.5. The summed E-state index contributed by atoms with van der Waals surface area (Å²) in [5.41, 5.74) is 0. The topological polar surface area (TPSA) is 88.0 Å². The number of rotatable bonds is 2. The summed E-state index contributed by atoms with van der Waals surface area (Å²) >= 11 is 0. The van der Waals surface area contributed by atoms with Crippen LogP contribution in [0.2, 0.25) is 0 Å². The van der Waals surface area contributed by atoms with Gasteiger partial charge in [-0.2, -0.15) is 0 Å². The van der Waals surface area contributed by atoms with Crippen molar-refractivity contribution in [2.75, 3.05) is 19.8 Å². The van der Waals surface area contributed by atoms with Crippen LogP contribution in [-0.2, 0) is 14.3 Å². The lowest BCUT2D eigenvalue weighted by atomic mass is 9.96. The van der Waals surface area contributed by atoms with Crippen LogP contribution in [-0.4, -0.2) is 60.3 Å². The largest absolute Gasteiger partial charge is 0.481 e. The van der Waals surface area contributed by atoms with Gasteiger partial charge in [-0.1, -0.05) is 0 Å². The molecule has 0 radical (unpaired) electrons. The van der Waals surface area contributed by atoms with E-state index in [-0.39, 0.29) is 24.7 Å². The average Bonchev–Trinajstić information content (AvgIpc) is 2.24. The lowest BCUT2D eigenvalue weighted by molar-refractivity contribution is -0.149. The van der Waals surface area contributed by atoms with Crippen LogP contribution < -0.4 is 5.32 Å². The first kappa shape index (κ1) is 12.8. The minimum absolute atomic E-state index is 0.0475. The van der Waals surface area contributed by atoms with Crippen molar-refractivity contribution in [1.29, 1.82) is 0 Å². The van der Waals surface area contributed by atoms with Crippen LogP contribution in [0.25, 0.3) is 0 Å². The van der Waals surface area contributed by atoms with Crippen molar-refractivity contribution in [2.24, 2.45) is 0 Å². The summed E-state index contributed by atoms with van der Waals surface area (Å²) in [4.78, 5) is 10.6. The molecule has 0 spiro atoms. The number of aliphatic carboxylic acids is 1. The molecule has 4 atom stereocenters. The van der Waals surface area contributed by atoms with Gasteiger partial charge in [0.1, 0.15) is 0 Å². The Morgan fingerprint density at radius 3 is 2.94 bits per heavy atom. The molecule has 6 heteroatoms. The maximum absolute atomic E-state index is 10.6. The third-order valence-corrected chi connectivity index (χ3v) is 3.23. The molecule has 0 saturated carbocycles. The minimum atomic E-state index is -0.830. The first-order valence-electron chi connectivity index (χ1n) is 6.01. The molecule has 2 saturated heterocycles. The van der Waals surface area contributed by atoms with Gasteiger partial charge in [0.05, 0.1) is 37.9 Å². The zero-order valence-electron chi connectivity index (χ0n) is 9.67. The van der Waals surface area contributed by atoms with Crippen molar-refractivity contribution in [3.8, 4) is 0 Å². The molecule has 3 N–H and O–H groups in total. The molecule has 2 fully saturated rings. The smallest absolute Gasteiger partial charge is 0.305 e. The van der Waals surface area contributed by atoms with Crippen molar-refractivity contribution < 1.29 is 24.5 Å². The number of carbonyl (C=O) groups is 1. The number of hydrogen-bond donors (Lipinski definition) is 3. The van der Waals surface area contributed by atoms with E-state index < -0.39 is 12.1 Å². The number of aliphatic hydroxyl groups is 1. The molecule has 0 bridgehead atoms. The summed E-state index contributed by atoms with van der Waals surface area (Å²) < 4.78 is 11.1. The monoisotopic (exact) mass is 245 g/mol. The number of nitrogens with one attached hydrogen (secondary N) is 1. The Morgan fingerprint density at radius 1 is 1.35 bits per heavy atom. The van der Waals surface area contributed by atoms with Crippen LogP contribution in [0, 0.1) is 0 Å². The van der Waals surface area contributed by atoms with Crippen molar-refractivity contribution in [2.45, 2.75) is 43.6 Å². The van der Waals surface area contributed by atoms with E-state index in [1.54, 1.807) is 0 Å². The molecule has 0 aromatic rings. The summed E-state index contributed by atoms with van der Waals surface area (Å²) in [5, 5.41) is 21.5. The maximum Gasteiger partial charge on any atom is 0.305 e. The fourth-order valence-corrected chi connectivity index (χ4v) is 2.36. The molecule has 0 aromatic heterocycles. The molecule has 2 heterocycles. The Bertz CT molecular complexity index is 273. The number of carboxylic acid groups (broad SMARTS) is 1. The highest BCUT2D eigenvalue weighted by Crippen LogP contribution is 2.23. The van der Waals surface area contributed by atoms with E-state index in [9.17, 15) is 9.90 Å². The first-order chi connectivity index (χ1) is 8.15. The van der Waals surface area contributed by atoms with E-state index in [0.717, 1.165) is 12.8 Å². The van der Waals surface area contributed by atoms with Crippen LogP contribution in [0.1, 0.15) is 19.3 Å². The lowest BCUT2D eigenvalue weighted by Crippen LogP contribution is -2.53. The second-order valence-electron chi connectivity index (χ2n) is 4.68. The SMILES string of the molecule is O=C(O)C[C@@H]1CC[C@H]2NC[C@@H](O)COC[C@@H]2O1. The summed E-state index contributed by atoms with van der Waals surface area (Å²) in [6.45, 7) is 1.20. The Hall–Kier alpha value is -0.690. The predicted octanol–water partition coefficient (Wildman–Crippen LogP) is -0.642. The predicted molar refractivity (Wildman–Crippen MR) is 58.8 cm³/mol. The van der Waals surface area contributed by atoms with Gasteiger partial charge in [-0.05, 0) is 12.8 Å². The van der Waals surface area contributed by atoms with Crippen molar-refractivity contribution in [3.63, 3.8) is 0 Å². The Balaban J connectivity index is 1.88. The standard InChI is InChI=1S/C11H19NO5/c13-7-4-12-9-2-1-8(3-11(14)15)17-10(9)6-16-5-7/h7-10,12-13H,1-6H2,(H,14,15)/t7-,8+,9-,10+/m1/s1. The second-order valence-corrected chi connectivity index (χ2v) is 4.68. The number of carboxylic acids is 1. The van der Waals surface area contributed by atoms with Crippen LogP contribution >= 0.6 is 0 Å². The number of hydrogen-bond acceptors (Lipinski definition) is 5. The molecular formula is C11H19NO5. The van der Waals surface area contributed by atoms with Gasteiger partial charge in [0, 0.05) is 12.6 Å². The quantitative estimate of drug-likeness (QED) is 0.599. The molecule has 2 aliphatic heterocycles. The van der Waals surface area contributed by atoms with E-state index in [0.29, 0.717) is 19.8 Å². The molecule has 0 aromatic carbocycles. The molecule has 2 aliphatic rings. The molecular weight excluding hydrogens is 226 g/mol. The summed E-state index contributed by atoms with van der Waals surface area (Å²) in [6.07, 6.45) is 0.831. The Morgan fingerprint density at radius 2 is 2.18 bits per heavy atom. The molecule has 98 valence electrons. The van der Waals surface area contributed by atoms with E-state index in [2.05, 4.69) is 5.32 Å². The average molecular weight is 245 g/mol. The summed E-state index contributed by atoms with van der Waals surface area (Å²) in [6, 6.07) is 0.148. The van der Waals surface area contributed by atoms with E-state index in [1.807, 2.05) is 0 Å². The summed E-state index contributed by atoms with van der Waals surface area (Å²) in [7, 11) is 0. The molecule has 0 aliphatic carbocycles. The van der Waals surface area contributed by atoms with Crippen molar-refractivity contribution >= 4 is 5.97 Å². The van der Waals surface area contributed by atoms with Crippen LogP contribution in [0.15, 0.2) is 0 Å². The Kier molecular flexibility index (Phi) is 4.33. The number of fused-ring (bicyclic) bond motifs is 1. The number of ether oxygens (including phenoxy) is 2. The van der Waals surface area contributed by atoms with E-state index in [1.165, 1.54) is 0 Å². The normalized spacial score (nSPS) is 38.9. The van der Waals surface area contributed by atoms with Crippen LogP contribution in [0.4, 0.5) is 0 Å². The van der Waals surface area contributed by atoms with Gasteiger partial charge in [-0.15, -0.1) is 0 Å². The highest BCUT2D eigenvalue weighted by molar-refractivity contribution is 5.67. The van der Waals surface area contributed by atoms with E-state index >= 15 is 0 Å². The third-order valence-electron chi connectivity index (χ3n) is 3.23. The van der Waals surface area contributed by atoms with Crippen LogP contribution in [0.3, 0.4) is 0 Å². The molecule has 2 rings (SSSR count). The molecule has 6 nitrogen and oxygen atoms in total. The van der Waals surface area contributed by atoms with Gasteiger partial charge < -0.3 is 25.0 Å². The summed E-state index contributed by atoms with van der Waals surface area (Å²) in [5.74, 6) is -0.830. The maximum atomic E-state index is 10.6. The second kappa shape index (κ2) is 5.77. The number of aliphatic hydroxyl groups excluding tert-OH is 1. The van der Waals surface area contributed by atoms with Gasteiger partial charge >= 0.3 is 5.97 Å². The fraction of sp³-hybridized carbons (Fsp3) is 0.909. The highest BCUT2D eigenvalue weighted by Gasteiger charge is 2.33. The van der Waals surface area contributed by atoms with Gasteiger partial charge in [-0.25, -0.2) is 0 Å².